The minimum atomic E-state index is -0.365. The standard InChI is InChI=1S/C13H29N3O/c1-5-6-8-16(4)9-7-15-13(17)12(14)10-11(2)3/h11-12H,5-10,14H2,1-4H3,(H,15,17)/t12-/m0/s1. The van der Waals surface area contributed by atoms with Crippen molar-refractivity contribution in [2.75, 3.05) is 26.7 Å². The monoisotopic (exact) mass is 243 g/mol. The molecular formula is C13H29N3O. The summed E-state index contributed by atoms with van der Waals surface area (Å²) in [5.74, 6) is 0.436. The van der Waals surface area contributed by atoms with Crippen molar-refractivity contribution < 1.29 is 4.79 Å². The van der Waals surface area contributed by atoms with Gasteiger partial charge in [-0.1, -0.05) is 27.2 Å². The van der Waals surface area contributed by atoms with Crippen LogP contribution in [0.5, 0.6) is 0 Å². The zero-order chi connectivity index (χ0) is 13.3. The van der Waals surface area contributed by atoms with Crippen LogP contribution in [0.3, 0.4) is 0 Å². The number of nitrogens with zero attached hydrogens (tertiary/aromatic N) is 1. The molecular weight excluding hydrogens is 214 g/mol. The first kappa shape index (κ1) is 16.4. The molecule has 0 saturated carbocycles. The first-order valence-electron chi connectivity index (χ1n) is 6.69. The van der Waals surface area contributed by atoms with Crippen LogP contribution in [0.4, 0.5) is 0 Å². The Labute approximate surface area is 106 Å². The van der Waals surface area contributed by atoms with E-state index in [2.05, 4.69) is 38.0 Å². The van der Waals surface area contributed by atoms with E-state index in [0.717, 1.165) is 19.5 Å². The first-order valence-corrected chi connectivity index (χ1v) is 6.69. The summed E-state index contributed by atoms with van der Waals surface area (Å²) in [6.07, 6.45) is 3.16. The molecule has 0 bridgehead atoms. The van der Waals surface area contributed by atoms with Crippen LogP contribution in [-0.2, 0) is 4.79 Å². The van der Waals surface area contributed by atoms with Gasteiger partial charge in [-0.2, -0.15) is 0 Å². The van der Waals surface area contributed by atoms with Crippen molar-refractivity contribution in [2.24, 2.45) is 11.7 Å². The number of carbonyl (C=O) groups is 1. The maximum Gasteiger partial charge on any atom is 0.236 e. The zero-order valence-corrected chi connectivity index (χ0v) is 11.8. The van der Waals surface area contributed by atoms with Crippen molar-refractivity contribution >= 4 is 5.91 Å². The molecule has 4 heteroatoms. The average Bonchev–Trinajstić information content (AvgIpc) is 2.25. The third-order valence-corrected chi connectivity index (χ3v) is 2.75. The van der Waals surface area contributed by atoms with E-state index in [-0.39, 0.29) is 11.9 Å². The predicted octanol–water partition coefficient (Wildman–Crippen LogP) is 1.21. The van der Waals surface area contributed by atoms with Crippen LogP contribution >= 0.6 is 0 Å². The van der Waals surface area contributed by atoms with Gasteiger partial charge in [0.05, 0.1) is 6.04 Å². The van der Waals surface area contributed by atoms with E-state index < -0.39 is 0 Å². The molecule has 0 radical (unpaired) electrons. The van der Waals surface area contributed by atoms with Gasteiger partial charge in [-0.05, 0) is 32.4 Å². The van der Waals surface area contributed by atoms with Crippen LogP contribution in [-0.4, -0.2) is 43.5 Å². The number of hydrogen-bond donors (Lipinski definition) is 2. The highest BCUT2D eigenvalue weighted by atomic mass is 16.2. The highest BCUT2D eigenvalue weighted by molar-refractivity contribution is 5.81. The van der Waals surface area contributed by atoms with Gasteiger partial charge < -0.3 is 16.0 Å². The maximum absolute atomic E-state index is 11.6. The van der Waals surface area contributed by atoms with Gasteiger partial charge >= 0.3 is 0 Å². The van der Waals surface area contributed by atoms with Crippen LogP contribution < -0.4 is 11.1 Å². The molecule has 4 nitrogen and oxygen atoms in total. The second-order valence-corrected chi connectivity index (χ2v) is 5.18. The molecule has 0 saturated heterocycles. The fraction of sp³-hybridized carbons (Fsp3) is 0.923. The van der Waals surface area contributed by atoms with Gasteiger partial charge in [0, 0.05) is 13.1 Å². The Morgan fingerprint density at radius 3 is 2.53 bits per heavy atom. The fourth-order valence-electron chi connectivity index (χ4n) is 1.66. The van der Waals surface area contributed by atoms with E-state index in [9.17, 15) is 4.79 Å². The summed E-state index contributed by atoms with van der Waals surface area (Å²) in [5, 5.41) is 2.89. The minimum absolute atomic E-state index is 0.0254. The molecule has 102 valence electrons. The number of rotatable bonds is 9. The van der Waals surface area contributed by atoms with Crippen molar-refractivity contribution in [1.82, 2.24) is 10.2 Å². The molecule has 3 N–H and O–H groups in total. The van der Waals surface area contributed by atoms with Gasteiger partial charge in [-0.15, -0.1) is 0 Å². The van der Waals surface area contributed by atoms with Gasteiger partial charge in [0.15, 0.2) is 0 Å². The van der Waals surface area contributed by atoms with E-state index in [1.165, 1.54) is 12.8 Å². The zero-order valence-electron chi connectivity index (χ0n) is 11.8. The van der Waals surface area contributed by atoms with Crippen molar-refractivity contribution in [3.05, 3.63) is 0 Å². The Balaban J connectivity index is 3.63. The van der Waals surface area contributed by atoms with E-state index in [4.69, 9.17) is 5.73 Å². The molecule has 0 aliphatic heterocycles. The van der Waals surface area contributed by atoms with E-state index in [0.29, 0.717) is 12.5 Å². The van der Waals surface area contributed by atoms with Gasteiger partial charge in [0.1, 0.15) is 0 Å². The van der Waals surface area contributed by atoms with E-state index in [1.807, 2.05) is 0 Å². The normalized spacial score (nSPS) is 13.1. The number of hydrogen-bond acceptors (Lipinski definition) is 3. The number of unbranched alkanes of at least 4 members (excludes halogenated alkanes) is 1. The number of likely N-dealkylation sites (N-methyl/N-ethyl adjacent to an activating group) is 1. The van der Waals surface area contributed by atoms with E-state index >= 15 is 0 Å². The summed E-state index contributed by atoms with van der Waals surface area (Å²) in [7, 11) is 2.08. The molecule has 17 heavy (non-hydrogen) atoms. The Morgan fingerprint density at radius 2 is 2.00 bits per heavy atom. The third-order valence-electron chi connectivity index (χ3n) is 2.75. The molecule has 0 spiro atoms. The third kappa shape index (κ3) is 9.12. The van der Waals surface area contributed by atoms with Crippen molar-refractivity contribution in [2.45, 2.75) is 46.1 Å². The predicted molar refractivity (Wildman–Crippen MR) is 72.8 cm³/mol. The molecule has 1 amide bonds. The number of nitrogens with two attached hydrogens (primary N) is 1. The number of carbonyl (C=O) groups excluding carboxylic acids is 1. The Bertz CT molecular complexity index is 207. The van der Waals surface area contributed by atoms with E-state index in [1.54, 1.807) is 0 Å². The summed E-state index contributed by atoms with van der Waals surface area (Å²) < 4.78 is 0. The van der Waals surface area contributed by atoms with Gasteiger partial charge in [-0.25, -0.2) is 0 Å². The second-order valence-electron chi connectivity index (χ2n) is 5.18. The van der Waals surface area contributed by atoms with Crippen LogP contribution in [0.1, 0.15) is 40.0 Å². The maximum atomic E-state index is 11.6. The highest BCUT2D eigenvalue weighted by Crippen LogP contribution is 2.02. The number of nitrogens with one attached hydrogen (secondary N) is 1. The fourth-order valence-corrected chi connectivity index (χ4v) is 1.66. The largest absolute Gasteiger partial charge is 0.353 e. The summed E-state index contributed by atoms with van der Waals surface area (Å²) in [6.45, 7) is 8.99. The van der Waals surface area contributed by atoms with Crippen LogP contribution in [0.25, 0.3) is 0 Å². The molecule has 0 aromatic heterocycles. The summed E-state index contributed by atoms with van der Waals surface area (Å²) in [4.78, 5) is 13.9. The Hall–Kier alpha value is -0.610. The lowest BCUT2D eigenvalue weighted by Gasteiger charge is -2.18. The van der Waals surface area contributed by atoms with Crippen molar-refractivity contribution in [1.29, 1.82) is 0 Å². The molecule has 0 fully saturated rings. The molecule has 0 aliphatic rings. The molecule has 0 unspecified atom stereocenters. The lowest BCUT2D eigenvalue weighted by Crippen LogP contribution is -2.43. The smallest absolute Gasteiger partial charge is 0.236 e. The van der Waals surface area contributed by atoms with Crippen molar-refractivity contribution in [3.63, 3.8) is 0 Å². The van der Waals surface area contributed by atoms with Gasteiger partial charge in [0.25, 0.3) is 0 Å². The summed E-state index contributed by atoms with van der Waals surface area (Å²) in [6, 6.07) is -0.365. The number of amides is 1. The molecule has 0 aliphatic carbocycles. The molecule has 0 aromatic rings. The first-order chi connectivity index (χ1) is 7.97. The van der Waals surface area contributed by atoms with Crippen LogP contribution in [0.15, 0.2) is 0 Å². The van der Waals surface area contributed by atoms with Crippen LogP contribution in [0, 0.1) is 5.92 Å². The molecule has 1 atom stereocenters. The molecule has 0 heterocycles. The SMILES string of the molecule is CCCCN(C)CCNC(=O)[C@@H](N)CC(C)C. The Kier molecular flexibility index (Phi) is 9.09. The second kappa shape index (κ2) is 9.42. The minimum Gasteiger partial charge on any atom is -0.353 e. The van der Waals surface area contributed by atoms with Crippen molar-refractivity contribution in [3.8, 4) is 0 Å². The summed E-state index contributed by atoms with van der Waals surface area (Å²) >= 11 is 0. The Morgan fingerprint density at radius 1 is 1.35 bits per heavy atom. The van der Waals surface area contributed by atoms with Crippen LogP contribution in [0.2, 0.25) is 0 Å². The topological polar surface area (TPSA) is 58.4 Å². The average molecular weight is 243 g/mol. The lowest BCUT2D eigenvalue weighted by molar-refractivity contribution is -0.122. The molecule has 0 rings (SSSR count). The van der Waals surface area contributed by atoms with Gasteiger partial charge in [0.2, 0.25) is 5.91 Å². The highest BCUT2D eigenvalue weighted by Gasteiger charge is 2.14. The molecule has 0 aromatic carbocycles. The summed E-state index contributed by atoms with van der Waals surface area (Å²) in [5.41, 5.74) is 5.79. The lowest BCUT2D eigenvalue weighted by atomic mass is 10.0. The van der Waals surface area contributed by atoms with Gasteiger partial charge in [-0.3, -0.25) is 4.79 Å². The quantitative estimate of drug-likeness (QED) is 0.640.